The monoisotopic (exact) mass is 219 g/mol. The van der Waals surface area contributed by atoms with Crippen molar-refractivity contribution >= 4 is 11.6 Å². The Morgan fingerprint density at radius 3 is 2.73 bits per heavy atom. The van der Waals surface area contributed by atoms with Crippen molar-refractivity contribution in [3.05, 3.63) is 47.1 Å². The van der Waals surface area contributed by atoms with Crippen molar-refractivity contribution in [2.45, 2.75) is 6.92 Å². The molecule has 1 aromatic heterocycles. The summed E-state index contributed by atoms with van der Waals surface area (Å²) < 4.78 is 0. The van der Waals surface area contributed by atoms with Gasteiger partial charge in [0.1, 0.15) is 5.75 Å². The van der Waals surface area contributed by atoms with Crippen LogP contribution in [0.5, 0.6) is 5.75 Å². The SMILES string of the molecule is Cc1cc(-c2ccccn2)c(Cl)cc1O. The molecule has 3 heteroatoms. The Hall–Kier alpha value is -1.54. The minimum absolute atomic E-state index is 0.208. The van der Waals surface area contributed by atoms with Gasteiger partial charge in [-0.2, -0.15) is 0 Å². The molecule has 0 radical (unpaired) electrons. The fourth-order valence-electron chi connectivity index (χ4n) is 1.39. The van der Waals surface area contributed by atoms with Gasteiger partial charge in [-0.3, -0.25) is 4.98 Å². The molecule has 0 amide bonds. The van der Waals surface area contributed by atoms with Crippen molar-refractivity contribution in [2.75, 3.05) is 0 Å². The van der Waals surface area contributed by atoms with Crippen molar-refractivity contribution in [3.63, 3.8) is 0 Å². The number of halogens is 1. The number of aromatic nitrogens is 1. The number of phenols is 1. The van der Waals surface area contributed by atoms with E-state index >= 15 is 0 Å². The number of aromatic hydroxyl groups is 1. The van der Waals surface area contributed by atoms with Crippen LogP contribution in [0, 0.1) is 6.92 Å². The summed E-state index contributed by atoms with van der Waals surface area (Å²) >= 11 is 6.04. The summed E-state index contributed by atoms with van der Waals surface area (Å²) in [5.74, 6) is 0.208. The molecule has 2 aromatic rings. The zero-order valence-electron chi connectivity index (χ0n) is 8.24. The number of phenolic OH excluding ortho intramolecular Hbond substituents is 1. The molecule has 15 heavy (non-hydrogen) atoms. The summed E-state index contributed by atoms with van der Waals surface area (Å²) in [6, 6.07) is 9.02. The molecule has 1 heterocycles. The lowest BCUT2D eigenvalue weighted by Gasteiger charge is -2.06. The predicted octanol–water partition coefficient (Wildman–Crippen LogP) is 3.42. The van der Waals surface area contributed by atoms with E-state index in [1.165, 1.54) is 0 Å². The molecular weight excluding hydrogens is 210 g/mol. The first-order valence-electron chi connectivity index (χ1n) is 4.59. The van der Waals surface area contributed by atoms with Gasteiger partial charge in [-0.15, -0.1) is 0 Å². The van der Waals surface area contributed by atoms with Gasteiger partial charge in [0.2, 0.25) is 0 Å². The number of pyridine rings is 1. The van der Waals surface area contributed by atoms with Crippen molar-refractivity contribution < 1.29 is 5.11 Å². The van der Waals surface area contributed by atoms with Gasteiger partial charge >= 0.3 is 0 Å². The number of hydrogen-bond donors (Lipinski definition) is 1. The molecule has 2 nitrogen and oxygen atoms in total. The third kappa shape index (κ3) is 1.95. The number of hydrogen-bond acceptors (Lipinski definition) is 2. The van der Waals surface area contributed by atoms with Crippen molar-refractivity contribution in [1.29, 1.82) is 0 Å². The molecule has 0 saturated heterocycles. The standard InChI is InChI=1S/C12H10ClNO/c1-8-6-9(10(13)7-12(8)15)11-4-2-3-5-14-11/h2-7,15H,1H3. The second-order valence-corrected chi connectivity index (χ2v) is 3.74. The molecule has 0 bridgehead atoms. The van der Waals surface area contributed by atoms with Crippen LogP contribution < -0.4 is 0 Å². The number of rotatable bonds is 1. The lowest BCUT2D eigenvalue weighted by molar-refractivity contribution is 0.471. The van der Waals surface area contributed by atoms with Crippen LogP contribution >= 0.6 is 11.6 Å². The van der Waals surface area contributed by atoms with Crippen LogP contribution in [0.25, 0.3) is 11.3 Å². The molecule has 0 aliphatic carbocycles. The third-order valence-corrected chi connectivity index (χ3v) is 2.54. The van der Waals surface area contributed by atoms with Gasteiger partial charge in [-0.25, -0.2) is 0 Å². The van der Waals surface area contributed by atoms with Crippen molar-refractivity contribution in [1.82, 2.24) is 4.98 Å². The van der Waals surface area contributed by atoms with Crippen LogP contribution in [0.15, 0.2) is 36.5 Å². The van der Waals surface area contributed by atoms with E-state index in [4.69, 9.17) is 11.6 Å². The van der Waals surface area contributed by atoms with Crippen molar-refractivity contribution in [3.8, 4) is 17.0 Å². The highest BCUT2D eigenvalue weighted by atomic mass is 35.5. The first-order chi connectivity index (χ1) is 7.18. The lowest BCUT2D eigenvalue weighted by Crippen LogP contribution is -1.85. The zero-order valence-corrected chi connectivity index (χ0v) is 8.99. The Balaban J connectivity index is 2.59. The summed E-state index contributed by atoms with van der Waals surface area (Å²) in [5.41, 5.74) is 2.44. The Morgan fingerprint density at radius 1 is 1.27 bits per heavy atom. The zero-order chi connectivity index (χ0) is 10.8. The highest BCUT2D eigenvalue weighted by Crippen LogP contribution is 2.31. The predicted molar refractivity (Wildman–Crippen MR) is 61.1 cm³/mol. The highest BCUT2D eigenvalue weighted by molar-refractivity contribution is 6.33. The molecule has 0 fully saturated rings. The average molecular weight is 220 g/mol. The van der Waals surface area contributed by atoms with Crippen LogP contribution in [-0.2, 0) is 0 Å². The topological polar surface area (TPSA) is 33.1 Å². The number of benzene rings is 1. The van der Waals surface area contributed by atoms with E-state index < -0.39 is 0 Å². The minimum atomic E-state index is 0.208. The molecule has 0 atom stereocenters. The normalized spacial score (nSPS) is 10.3. The molecule has 76 valence electrons. The first-order valence-corrected chi connectivity index (χ1v) is 4.97. The molecule has 0 saturated carbocycles. The summed E-state index contributed by atoms with van der Waals surface area (Å²) in [5, 5.41) is 9.98. The quantitative estimate of drug-likeness (QED) is 0.797. The summed E-state index contributed by atoms with van der Waals surface area (Å²) in [6.45, 7) is 1.83. The van der Waals surface area contributed by atoms with Gasteiger partial charge in [0.15, 0.2) is 0 Å². The van der Waals surface area contributed by atoms with Crippen LogP contribution in [0.1, 0.15) is 5.56 Å². The maximum Gasteiger partial charge on any atom is 0.120 e. The van der Waals surface area contributed by atoms with Gasteiger partial charge in [-0.05, 0) is 36.8 Å². The maximum atomic E-state index is 9.47. The Kier molecular flexibility index (Phi) is 2.60. The van der Waals surface area contributed by atoms with E-state index in [1.807, 2.05) is 31.2 Å². The fraction of sp³-hybridized carbons (Fsp3) is 0.0833. The Morgan fingerprint density at radius 2 is 2.07 bits per heavy atom. The smallest absolute Gasteiger partial charge is 0.120 e. The van der Waals surface area contributed by atoms with Crippen LogP contribution in [0.2, 0.25) is 5.02 Å². The van der Waals surface area contributed by atoms with E-state index in [0.29, 0.717) is 5.02 Å². The molecule has 1 N–H and O–H groups in total. The highest BCUT2D eigenvalue weighted by Gasteiger charge is 2.07. The second kappa shape index (κ2) is 3.91. The molecule has 0 spiro atoms. The fourth-order valence-corrected chi connectivity index (χ4v) is 1.64. The van der Waals surface area contributed by atoms with Gasteiger partial charge in [0.05, 0.1) is 10.7 Å². The number of aryl methyl sites for hydroxylation is 1. The Labute approximate surface area is 93.2 Å². The summed E-state index contributed by atoms with van der Waals surface area (Å²) in [6.07, 6.45) is 1.72. The first kappa shape index (κ1) is 9.99. The summed E-state index contributed by atoms with van der Waals surface area (Å²) in [4.78, 5) is 4.21. The van der Waals surface area contributed by atoms with Gasteiger partial charge in [-0.1, -0.05) is 17.7 Å². The molecular formula is C12H10ClNO. The van der Waals surface area contributed by atoms with E-state index in [9.17, 15) is 5.11 Å². The Bertz CT molecular complexity index is 482. The largest absolute Gasteiger partial charge is 0.508 e. The van der Waals surface area contributed by atoms with Gasteiger partial charge in [0.25, 0.3) is 0 Å². The van der Waals surface area contributed by atoms with E-state index in [0.717, 1.165) is 16.8 Å². The third-order valence-electron chi connectivity index (χ3n) is 2.23. The van der Waals surface area contributed by atoms with E-state index in [2.05, 4.69) is 4.98 Å². The van der Waals surface area contributed by atoms with Crippen LogP contribution in [0.3, 0.4) is 0 Å². The number of nitrogens with zero attached hydrogens (tertiary/aromatic N) is 1. The van der Waals surface area contributed by atoms with Gasteiger partial charge in [0, 0.05) is 11.8 Å². The van der Waals surface area contributed by atoms with E-state index in [-0.39, 0.29) is 5.75 Å². The van der Waals surface area contributed by atoms with Crippen LogP contribution in [0.4, 0.5) is 0 Å². The van der Waals surface area contributed by atoms with Gasteiger partial charge < -0.3 is 5.11 Å². The minimum Gasteiger partial charge on any atom is -0.508 e. The molecule has 1 aromatic carbocycles. The lowest BCUT2D eigenvalue weighted by atomic mass is 10.1. The average Bonchev–Trinajstić information content (AvgIpc) is 2.25. The molecule has 0 aliphatic rings. The van der Waals surface area contributed by atoms with Crippen molar-refractivity contribution in [2.24, 2.45) is 0 Å². The second-order valence-electron chi connectivity index (χ2n) is 3.33. The van der Waals surface area contributed by atoms with E-state index in [1.54, 1.807) is 12.3 Å². The van der Waals surface area contributed by atoms with Crippen LogP contribution in [-0.4, -0.2) is 10.1 Å². The molecule has 0 unspecified atom stereocenters. The maximum absolute atomic E-state index is 9.47. The molecule has 2 rings (SSSR count). The summed E-state index contributed by atoms with van der Waals surface area (Å²) in [7, 11) is 0. The molecule has 0 aliphatic heterocycles.